The van der Waals surface area contributed by atoms with Crippen molar-refractivity contribution in [1.82, 2.24) is 4.90 Å². The minimum Gasteiger partial charge on any atom is -0.393 e. The molecule has 2 N–H and O–H groups in total. The van der Waals surface area contributed by atoms with Gasteiger partial charge in [-0.25, -0.2) is 0 Å². The molecule has 0 bridgehead atoms. The van der Waals surface area contributed by atoms with Crippen LogP contribution < -0.4 is 5.73 Å². The lowest BCUT2D eigenvalue weighted by Gasteiger charge is -2.15. The number of hydrogen-bond donors (Lipinski definition) is 1. The van der Waals surface area contributed by atoms with Crippen molar-refractivity contribution in [2.75, 3.05) is 33.9 Å². The fraction of sp³-hybridized carbons (Fsp3) is 0.889. The van der Waals surface area contributed by atoms with Gasteiger partial charge in [-0.05, 0) is 32.9 Å². The van der Waals surface area contributed by atoms with E-state index in [1.54, 1.807) is 7.11 Å². The second-order valence-electron chi connectivity index (χ2n) is 3.22. The molecule has 0 unspecified atom stereocenters. The largest absolute Gasteiger partial charge is 0.393 e. The highest BCUT2D eigenvalue weighted by atomic mass is 32.1. The Morgan fingerprint density at radius 3 is 2.54 bits per heavy atom. The van der Waals surface area contributed by atoms with Gasteiger partial charge in [-0.1, -0.05) is 12.2 Å². The van der Waals surface area contributed by atoms with Crippen LogP contribution in [0.3, 0.4) is 0 Å². The molecule has 78 valence electrons. The molecule has 0 aromatic carbocycles. The first kappa shape index (κ1) is 12.8. The molecule has 3 nitrogen and oxygen atoms in total. The Morgan fingerprint density at radius 2 is 2.00 bits per heavy atom. The van der Waals surface area contributed by atoms with E-state index in [1.807, 2.05) is 0 Å². The van der Waals surface area contributed by atoms with E-state index in [0.29, 0.717) is 4.99 Å². The summed E-state index contributed by atoms with van der Waals surface area (Å²) in [4.78, 5) is 2.89. The van der Waals surface area contributed by atoms with Crippen molar-refractivity contribution in [1.29, 1.82) is 0 Å². The number of thiocarbonyl (C=S) groups is 1. The molecule has 13 heavy (non-hydrogen) atoms. The predicted molar refractivity (Wildman–Crippen MR) is 60.0 cm³/mol. The van der Waals surface area contributed by atoms with Crippen LogP contribution in [0.2, 0.25) is 0 Å². The number of rotatable bonds is 8. The van der Waals surface area contributed by atoms with Crippen molar-refractivity contribution in [3.05, 3.63) is 0 Å². The number of nitrogens with zero attached hydrogens (tertiary/aromatic N) is 1. The second kappa shape index (κ2) is 8.41. The molecule has 0 rings (SSSR count). The minimum absolute atomic E-state index is 0.616. The number of methoxy groups -OCH3 is 1. The Kier molecular flexibility index (Phi) is 8.29. The summed E-state index contributed by atoms with van der Waals surface area (Å²) < 4.78 is 4.97. The standard InChI is InChI=1S/C9H20N2OS/c1-11(7-4-8-12-2)6-3-5-9(10)13/h3-8H2,1-2H3,(H2,10,13). The van der Waals surface area contributed by atoms with Gasteiger partial charge in [-0.2, -0.15) is 0 Å². The van der Waals surface area contributed by atoms with Gasteiger partial charge in [0.05, 0.1) is 4.99 Å². The van der Waals surface area contributed by atoms with Crippen LogP contribution in [-0.4, -0.2) is 43.7 Å². The topological polar surface area (TPSA) is 38.5 Å². The molecule has 0 saturated carbocycles. The monoisotopic (exact) mass is 204 g/mol. The number of hydrogen-bond acceptors (Lipinski definition) is 3. The summed E-state index contributed by atoms with van der Waals surface area (Å²) in [5, 5.41) is 0. The average Bonchev–Trinajstić information content (AvgIpc) is 2.04. The van der Waals surface area contributed by atoms with E-state index in [2.05, 4.69) is 11.9 Å². The van der Waals surface area contributed by atoms with Crippen LogP contribution in [0.4, 0.5) is 0 Å². The predicted octanol–water partition coefficient (Wildman–Crippen LogP) is 1.02. The summed E-state index contributed by atoms with van der Waals surface area (Å²) in [5.74, 6) is 0. The molecule has 0 amide bonds. The lowest BCUT2D eigenvalue weighted by atomic mass is 10.3. The van der Waals surface area contributed by atoms with E-state index in [1.165, 1.54) is 0 Å². The highest BCUT2D eigenvalue weighted by Gasteiger charge is 1.98. The van der Waals surface area contributed by atoms with Crippen LogP contribution in [0.25, 0.3) is 0 Å². The second-order valence-corrected chi connectivity index (χ2v) is 3.74. The van der Waals surface area contributed by atoms with Gasteiger partial charge in [-0.15, -0.1) is 0 Å². The SMILES string of the molecule is COCCCN(C)CCCC(N)=S. The zero-order valence-corrected chi connectivity index (χ0v) is 9.40. The Hall–Kier alpha value is -0.190. The summed E-state index contributed by atoms with van der Waals surface area (Å²) in [7, 11) is 3.84. The molecular formula is C9H20N2OS. The van der Waals surface area contributed by atoms with Crippen molar-refractivity contribution in [2.45, 2.75) is 19.3 Å². The first-order chi connectivity index (χ1) is 6.16. The van der Waals surface area contributed by atoms with Crippen molar-refractivity contribution in [3.8, 4) is 0 Å². The molecule has 0 aromatic rings. The zero-order chi connectivity index (χ0) is 10.1. The van der Waals surface area contributed by atoms with Gasteiger partial charge in [0, 0.05) is 20.3 Å². The summed E-state index contributed by atoms with van der Waals surface area (Å²) in [6.45, 7) is 2.96. The van der Waals surface area contributed by atoms with E-state index in [4.69, 9.17) is 22.7 Å². The Labute approximate surface area is 86.2 Å². The maximum Gasteiger partial charge on any atom is 0.0727 e. The van der Waals surface area contributed by atoms with Gasteiger partial charge < -0.3 is 15.4 Å². The lowest BCUT2D eigenvalue weighted by molar-refractivity contribution is 0.179. The fourth-order valence-corrected chi connectivity index (χ4v) is 1.26. The van der Waals surface area contributed by atoms with Gasteiger partial charge in [0.2, 0.25) is 0 Å². The van der Waals surface area contributed by atoms with E-state index in [0.717, 1.165) is 39.0 Å². The van der Waals surface area contributed by atoms with Gasteiger partial charge in [0.25, 0.3) is 0 Å². The molecule has 0 aliphatic rings. The molecule has 0 aliphatic heterocycles. The van der Waals surface area contributed by atoms with Crippen LogP contribution in [0.15, 0.2) is 0 Å². The third-order valence-corrected chi connectivity index (χ3v) is 2.06. The summed E-state index contributed by atoms with van der Waals surface area (Å²) in [6.07, 6.45) is 2.99. The molecule has 0 atom stereocenters. The third kappa shape index (κ3) is 9.73. The van der Waals surface area contributed by atoms with E-state index in [9.17, 15) is 0 Å². The molecule has 0 spiro atoms. The Balaban J connectivity index is 3.19. The molecule has 0 aromatic heterocycles. The molecular weight excluding hydrogens is 184 g/mol. The fourth-order valence-electron chi connectivity index (χ4n) is 1.11. The summed E-state index contributed by atoms with van der Waals surface area (Å²) in [6, 6.07) is 0. The highest BCUT2D eigenvalue weighted by Crippen LogP contribution is 1.94. The van der Waals surface area contributed by atoms with Crippen molar-refractivity contribution in [2.24, 2.45) is 5.73 Å². The van der Waals surface area contributed by atoms with E-state index < -0.39 is 0 Å². The van der Waals surface area contributed by atoms with Gasteiger partial charge >= 0.3 is 0 Å². The van der Waals surface area contributed by atoms with Crippen LogP contribution in [0, 0.1) is 0 Å². The molecule has 0 fully saturated rings. The molecule has 0 heterocycles. The smallest absolute Gasteiger partial charge is 0.0727 e. The first-order valence-electron chi connectivity index (χ1n) is 4.62. The van der Waals surface area contributed by atoms with Gasteiger partial charge in [0.1, 0.15) is 0 Å². The number of ether oxygens (including phenoxy) is 1. The Morgan fingerprint density at radius 1 is 1.38 bits per heavy atom. The van der Waals surface area contributed by atoms with Crippen LogP contribution in [-0.2, 0) is 4.74 Å². The van der Waals surface area contributed by atoms with Crippen LogP contribution >= 0.6 is 12.2 Å². The Bertz CT molecular complexity index is 142. The van der Waals surface area contributed by atoms with E-state index in [-0.39, 0.29) is 0 Å². The molecule has 4 heteroatoms. The van der Waals surface area contributed by atoms with Crippen molar-refractivity contribution < 1.29 is 4.74 Å². The first-order valence-corrected chi connectivity index (χ1v) is 5.03. The maximum atomic E-state index is 5.39. The summed E-state index contributed by atoms with van der Waals surface area (Å²) in [5.41, 5.74) is 5.39. The van der Waals surface area contributed by atoms with Crippen LogP contribution in [0.1, 0.15) is 19.3 Å². The lowest BCUT2D eigenvalue weighted by Crippen LogP contribution is -2.23. The van der Waals surface area contributed by atoms with Crippen molar-refractivity contribution in [3.63, 3.8) is 0 Å². The maximum absolute atomic E-state index is 5.39. The minimum atomic E-state index is 0.616. The summed E-state index contributed by atoms with van der Waals surface area (Å²) >= 11 is 4.79. The van der Waals surface area contributed by atoms with Crippen LogP contribution in [0.5, 0.6) is 0 Å². The third-order valence-electron chi connectivity index (χ3n) is 1.85. The van der Waals surface area contributed by atoms with Crippen molar-refractivity contribution >= 4 is 17.2 Å². The normalized spacial score (nSPS) is 10.7. The molecule has 0 radical (unpaired) electrons. The number of nitrogens with two attached hydrogens (primary N) is 1. The van der Waals surface area contributed by atoms with Gasteiger partial charge in [0.15, 0.2) is 0 Å². The van der Waals surface area contributed by atoms with Gasteiger partial charge in [-0.3, -0.25) is 0 Å². The highest BCUT2D eigenvalue weighted by molar-refractivity contribution is 7.80. The quantitative estimate of drug-likeness (QED) is 0.473. The molecule has 0 aliphatic carbocycles. The average molecular weight is 204 g/mol. The van der Waals surface area contributed by atoms with E-state index >= 15 is 0 Å². The molecule has 0 saturated heterocycles. The zero-order valence-electron chi connectivity index (χ0n) is 8.58.